The molecule has 5 nitrogen and oxygen atoms in total. The van der Waals surface area contributed by atoms with E-state index in [1.165, 1.54) is 0 Å². The van der Waals surface area contributed by atoms with Crippen molar-refractivity contribution in [2.24, 2.45) is 0 Å². The number of nitrogens with zero attached hydrogens (tertiary/aromatic N) is 4. The normalized spacial score (nSPS) is 10.2. The molecule has 0 spiro atoms. The van der Waals surface area contributed by atoms with Crippen molar-refractivity contribution < 1.29 is 0 Å². The van der Waals surface area contributed by atoms with E-state index in [2.05, 4.69) is 16.5 Å². The fourth-order valence-corrected chi connectivity index (χ4v) is 2.57. The second-order valence-electron chi connectivity index (χ2n) is 4.90. The van der Waals surface area contributed by atoms with E-state index in [1.54, 1.807) is 4.68 Å². The summed E-state index contributed by atoms with van der Waals surface area (Å²) in [7, 11) is 0. The highest BCUT2D eigenvalue weighted by atomic mass is 32.1. The van der Waals surface area contributed by atoms with Gasteiger partial charge in [0.15, 0.2) is 0 Å². The number of aryl methyl sites for hydroxylation is 1. The molecule has 6 heteroatoms. The summed E-state index contributed by atoms with van der Waals surface area (Å²) in [5.74, 6) is 0.630. The summed E-state index contributed by atoms with van der Waals surface area (Å²) < 4.78 is 4.11. The Balaban J connectivity index is 2.06. The van der Waals surface area contributed by atoms with Gasteiger partial charge in [-0.15, -0.1) is 5.10 Å². The first-order valence-corrected chi connectivity index (χ1v) is 7.65. The van der Waals surface area contributed by atoms with Crippen LogP contribution in [0.3, 0.4) is 0 Å². The van der Waals surface area contributed by atoms with Gasteiger partial charge in [-0.2, -0.15) is 5.26 Å². The van der Waals surface area contributed by atoms with Gasteiger partial charge >= 0.3 is 0 Å². The summed E-state index contributed by atoms with van der Waals surface area (Å²) in [5.41, 5.74) is 1.86. The van der Waals surface area contributed by atoms with Crippen LogP contribution in [0.2, 0.25) is 0 Å². The molecule has 0 aliphatic carbocycles. The van der Waals surface area contributed by atoms with E-state index in [1.807, 2.05) is 65.2 Å². The molecular weight excluding hydrogens is 306 g/mol. The van der Waals surface area contributed by atoms with E-state index in [0.29, 0.717) is 23.7 Å². The molecule has 1 heterocycles. The van der Waals surface area contributed by atoms with Crippen LogP contribution in [0.5, 0.6) is 0 Å². The molecule has 23 heavy (non-hydrogen) atoms. The standard InChI is InChI=1S/C17H15N5S/c18-12-7-13-21-17(23)22(15-10-5-2-6-11-15)16(20-21)19-14-8-3-1-4-9-14/h1-6,8-11H,7,13H2,(H,19,20). The van der Waals surface area contributed by atoms with E-state index in [4.69, 9.17) is 17.5 Å². The third kappa shape index (κ3) is 3.30. The van der Waals surface area contributed by atoms with E-state index < -0.39 is 0 Å². The molecule has 0 aliphatic heterocycles. The van der Waals surface area contributed by atoms with Crippen molar-refractivity contribution in [1.29, 1.82) is 5.26 Å². The second kappa shape index (κ2) is 6.90. The van der Waals surface area contributed by atoms with Crippen molar-refractivity contribution in [3.05, 3.63) is 65.4 Å². The smallest absolute Gasteiger partial charge is 0.232 e. The van der Waals surface area contributed by atoms with Crippen molar-refractivity contribution in [1.82, 2.24) is 14.3 Å². The van der Waals surface area contributed by atoms with Crippen molar-refractivity contribution in [2.45, 2.75) is 13.0 Å². The maximum absolute atomic E-state index is 8.80. The highest BCUT2D eigenvalue weighted by molar-refractivity contribution is 7.71. The van der Waals surface area contributed by atoms with E-state index in [9.17, 15) is 0 Å². The number of anilines is 2. The molecule has 114 valence electrons. The molecule has 3 aromatic rings. The van der Waals surface area contributed by atoms with E-state index in [-0.39, 0.29) is 0 Å². The molecule has 0 radical (unpaired) electrons. The van der Waals surface area contributed by atoms with Crippen LogP contribution in [0.1, 0.15) is 6.42 Å². The number of rotatable bonds is 5. The molecule has 1 aromatic heterocycles. The summed E-state index contributed by atoms with van der Waals surface area (Å²) in [6, 6.07) is 21.7. The minimum atomic E-state index is 0.366. The van der Waals surface area contributed by atoms with Crippen LogP contribution in [-0.2, 0) is 6.54 Å². The van der Waals surface area contributed by atoms with Gasteiger partial charge in [-0.05, 0) is 36.5 Å². The lowest BCUT2D eigenvalue weighted by Gasteiger charge is -2.08. The van der Waals surface area contributed by atoms with Crippen LogP contribution in [0.25, 0.3) is 5.69 Å². The second-order valence-corrected chi connectivity index (χ2v) is 5.26. The molecule has 0 fully saturated rings. The molecule has 0 saturated heterocycles. The number of benzene rings is 2. The average Bonchev–Trinajstić information content (AvgIpc) is 2.90. The number of hydrogen-bond acceptors (Lipinski definition) is 4. The highest BCUT2D eigenvalue weighted by Gasteiger charge is 2.12. The maximum atomic E-state index is 8.80. The summed E-state index contributed by atoms with van der Waals surface area (Å²) in [6.07, 6.45) is 0.366. The van der Waals surface area contributed by atoms with Crippen LogP contribution in [0.4, 0.5) is 11.6 Å². The topological polar surface area (TPSA) is 58.6 Å². The molecule has 0 amide bonds. The maximum Gasteiger partial charge on any atom is 0.232 e. The molecule has 3 rings (SSSR count). The minimum Gasteiger partial charge on any atom is -0.324 e. The molecule has 2 aromatic carbocycles. The van der Waals surface area contributed by atoms with E-state index >= 15 is 0 Å². The Morgan fingerprint density at radius 1 is 1.04 bits per heavy atom. The van der Waals surface area contributed by atoms with Crippen LogP contribution in [-0.4, -0.2) is 14.3 Å². The van der Waals surface area contributed by atoms with Crippen molar-refractivity contribution >= 4 is 23.9 Å². The van der Waals surface area contributed by atoms with Crippen molar-refractivity contribution in [3.63, 3.8) is 0 Å². The first-order valence-electron chi connectivity index (χ1n) is 7.24. The zero-order valence-electron chi connectivity index (χ0n) is 12.4. The molecular formula is C17H15N5S. The van der Waals surface area contributed by atoms with Crippen molar-refractivity contribution in [3.8, 4) is 11.8 Å². The van der Waals surface area contributed by atoms with Crippen molar-refractivity contribution in [2.75, 3.05) is 5.32 Å². The summed E-state index contributed by atoms with van der Waals surface area (Å²) >= 11 is 5.54. The van der Waals surface area contributed by atoms with Gasteiger partial charge in [0.1, 0.15) is 0 Å². The van der Waals surface area contributed by atoms with Gasteiger partial charge in [0.2, 0.25) is 10.7 Å². The lowest BCUT2D eigenvalue weighted by Crippen LogP contribution is -2.01. The Labute approximate surface area is 139 Å². The Hall–Kier alpha value is -2.91. The zero-order valence-corrected chi connectivity index (χ0v) is 13.2. The molecule has 0 atom stereocenters. The predicted molar refractivity (Wildman–Crippen MR) is 92.3 cm³/mol. The Morgan fingerprint density at radius 3 is 2.35 bits per heavy atom. The lowest BCUT2D eigenvalue weighted by molar-refractivity contribution is 0.616. The van der Waals surface area contributed by atoms with Gasteiger partial charge in [-0.3, -0.25) is 4.57 Å². The first-order chi connectivity index (χ1) is 11.3. The van der Waals surface area contributed by atoms with Crippen LogP contribution in [0.15, 0.2) is 60.7 Å². The number of nitriles is 1. The van der Waals surface area contributed by atoms with Gasteiger partial charge in [-0.1, -0.05) is 36.4 Å². The SMILES string of the molecule is N#CCCn1nc(Nc2ccccc2)n(-c2ccccc2)c1=S. The predicted octanol–water partition coefficient (Wildman–Crippen LogP) is 4.06. The zero-order chi connectivity index (χ0) is 16.1. The Bertz CT molecular complexity index is 875. The summed E-state index contributed by atoms with van der Waals surface area (Å²) in [4.78, 5) is 0. The molecule has 1 N–H and O–H groups in total. The molecule has 0 saturated carbocycles. The third-order valence-electron chi connectivity index (χ3n) is 3.32. The summed E-state index contributed by atoms with van der Waals surface area (Å²) in [5, 5.41) is 16.6. The van der Waals surface area contributed by atoms with Crippen LogP contribution < -0.4 is 5.32 Å². The lowest BCUT2D eigenvalue weighted by atomic mass is 10.3. The van der Waals surface area contributed by atoms with Gasteiger partial charge in [0.25, 0.3) is 0 Å². The monoisotopic (exact) mass is 321 g/mol. The van der Waals surface area contributed by atoms with Gasteiger partial charge in [-0.25, -0.2) is 4.68 Å². The van der Waals surface area contributed by atoms with Gasteiger partial charge < -0.3 is 5.32 Å². The molecule has 0 aliphatic rings. The van der Waals surface area contributed by atoms with Gasteiger partial charge in [0, 0.05) is 5.69 Å². The number of aromatic nitrogens is 3. The molecule has 0 bridgehead atoms. The van der Waals surface area contributed by atoms with E-state index in [0.717, 1.165) is 11.4 Å². The number of para-hydroxylation sites is 2. The quantitative estimate of drug-likeness (QED) is 0.720. The highest BCUT2D eigenvalue weighted by Crippen LogP contribution is 2.20. The van der Waals surface area contributed by atoms with Crippen LogP contribution >= 0.6 is 12.2 Å². The summed E-state index contributed by atoms with van der Waals surface area (Å²) in [6.45, 7) is 0.471. The third-order valence-corrected chi connectivity index (χ3v) is 3.71. The number of hydrogen-bond donors (Lipinski definition) is 1. The Kier molecular flexibility index (Phi) is 4.50. The van der Waals surface area contributed by atoms with Gasteiger partial charge in [0.05, 0.1) is 24.7 Å². The first kappa shape index (κ1) is 15.0. The number of nitrogens with one attached hydrogen (secondary N) is 1. The molecule has 0 unspecified atom stereocenters. The largest absolute Gasteiger partial charge is 0.324 e. The fraction of sp³-hybridized carbons (Fsp3) is 0.118. The minimum absolute atomic E-state index is 0.366. The Morgan fingerprint density at radius 2 is 1.70 bits per heavy atom. The fourth-order valence-electron chi connectivity index (χ4n) is 2.25. The van der Waals surface area contributed by atoms with Crippen LogP contribution in [0, 0.1) is 16.1 Å². The average molecular weight is 321 g/mol.